The molecular formula is C22H19F3N2O2. The molecule has 3 aromatic rings. The number of carbonyl (C=O) groups excluding carboxylic acids is 2. The van der Waals surface area contributed by atoms with Crippen LogP contribution < -0.4 is 4.90 Å². The number of nitrogens with zero attached hydrogens (tertiary/aromatic N) is 2. The number of anilines is 1. The standard InChI is InChI=1S/C22H19F3N2O2/c1-14-20(21(29)22(23,24)25)16-9-3-5-11-18(16)27(14)13-19(28)26-12-6-8-15-7-2-4-10-17(15)26/h2-5,7,9-11H,6,8,12-13H2,1H3. The Morgan fingerprint density at radius 3 is 2.48 bits per heavy atom. The summed E-state index contributed by atoms with van der Waals surface area (Å²) < 4.78 is 40.9. The molecule has 7 heteroatoms. The molecule has 150 valence electrons. The third kappa shape index (κ3) is 3.30. The van der Waals surface area contributed by atoms with Crippen LogP contribution in [-0.4, -0.2) is 29.0 Å². The second kappa shape index (κ2) is 7.06. The van der Waals surface area contributed by atoms with Crippen LogP contribution in [-0.2, 0) is 17.8 Å². The van der Waals surface area contributed by atoms with Gasteiger partial charge in [-0.3, -0.25) is 9.59 Å². The molecule has 1 amide bonds. The Morgan fingerprint density at radius 1 is 1.03 bits per heavy atom. The smallest absolute Gasteiger partial charge is 0.335 e. The summed E-state index contributed by atoms with van der Waals surface area (Å²) in [5.41, 5.74) is 2.11. The van der Waals surface area contributed by atoms with Gasteiger partial charge in [0, 0.05) is 28.8 Å². The molecule has 2 heterocycles. The molecule has 0 atom stereocenters. The molecule has 0 bridgehead atoms. The molecule has 0 saturated carbocycles. The van der Waals surface area contributed by atoms with Gasteiger partial charge in [0.1, 0.15) is 6.54 Å². The van der Waals surface area contributed by atoms with Crippen LogP contribution in [0.25, 0.3) is 10.9 Å². The van der Waals surface area contributed by atoms with Crippen molar-refractivity contribution in [2.24, 2.45) is 0 Å². The lowest BCUT2D eigenvalue weighted by Crippen LogP contribution is -2.37. The lowest BCUT2D eigenvalue weighted by Gasteiger charge is -2.30. The molecule has 0 aliphatic carbocycles. The van der Waals surface area contributed by atoms with Crippen molar-refractivity contribution in [1.82, 2.24) is 4.57 Å². The highest BCUT2D eigenvalue weighted by molar-refractivity contribution is 6.12. The molecule has 29 heavy (non-hydrogen) atoms. The van der Waals surface area contributed by atoms with Crippen molar-refractivity contribution >= 4 is 28.3 Å². The van der Waals surface area contributed by atoms with Crippen LogP contribution in [0.1, 0.15) is 28.0 Å². The summed E-state index contributed by atoms with van der Waals surface area (Å²) in [4.78, 5) is 26.8. The molecule has 2 aromatic carbocycles. The molecule has 1 aliphatic heterocycles. The zero-order valence-corrected chi connectivity index (χ0v) is 15.8. The van der Waals surface area contributed by atoms with Crippen LogP contribution in [0.4, 0.5) is 18.9 Å². The van der Waals surface area contributed by atoms with E-state index >= 15 is 0 Å². The monoisotopic (exact) mass is 400 g/mol. The third-order valence-corrected chi connectivity index (χ3v) is 5.42. The predicted molar refractivity (Wildman–Crippen MR) is 104 cm³/mol. The molecule has 0 spiro atoms. The zero-order valence-electron chi connectivity index (χ0n) is 15.8. The van der Waals surface area contributed by atoms with Gasteiger partial charge in [-0.1, -0.05) is 36.4 Å². The van der Waals surface area contributed by atoms with Gasteiger partial charge < -0.3 is 9.47 Å². The van der Waals surface area contributed by atoms with Gasteiger partial charge in [-0.2, -0.15) is 13.2 Å². The van der Waals surface area contributed by atoms with E-state index in [1.807, 2.05) is 24.3 Å². The number of hydrogen-bond donors (Lipinski definition) is 0. The first-order valence-electron chi connectivity index (χ1n) is 9.36. The minimum Gasteiger partial charge on any atom is -0.335 e. The van der Waals surface area contributed by atoms with Gasteiger partial charge in [0.2, 0.25) is 5.91 Å². The van der Waals surface area contributed by atoms with Crippen molar-refractivity contribution in [2.45, 2.75) is 32.5 Å². The van der Waals surface area contributed by atoms with Crippen LogP contribution in [0.3, 0.4) is 0 Å². The van der Waals surface area contributed by atoms with E-state index in [-0.39, 0.29) is 29.1 Å². The second-order valence-electron chi connectivity index (χ2n) is 7.17. The fourth-order valence-corrected chi connectivity index (χ4v) is 4.08. The summed E-state index contributed by atoms with van der Waals surface area (Å²) in [6, 6.07) is 14.0. The minimum absolute atomic E-state index is 0.133. The number of ketones is 1. The largest absolute Gasteiger partial charge is 0.454 e. The maximum Gasteiger partial charge on any atom is 0.454 e. The van der Waals surface area contributed by atoms with Gasteiger partial charge in [0.25, 0.3) is 5.78 Å². The molecule has 1 aromatic heterocycles. The highest BCUT2D eigenvalue weighted by atomic mass is 19.4. The number of aromatic nitrogens is 1. The number of amides is 1. The quantitative estimate of drug-likeness (QED) is 0.600. The van der Waals surface area contributed by atoms with E-state index in [1.54, 1.807) is 23.1 Å². The van der Waals surface area contributed by atoms with Crippen LogP contribution in [0.2, 0.25) is 0 Å². The molecule has 4 nitrogen and oxygen atoms in total. The van der Waals surface area contributed by atoms with Crippen molar-refractivity contribution < 1.29 is 22.8 Å². The summed E-state index contributed by atoms with van der Waals surface area (Å²) in [6.07, 6.45) is -3.27. The average Bonchev–Trinajstić information content (AvgIpc) is 2.97. The van der Waals surface area contributed by atoms with Crippen LogP contribution >= 0.6 is 0 Å². The van der Waals surface area contributed by atoms with Gasteiger partial charge >= 0.3 is 6.18 Å². The number of Topliss-reactive ketones (excluding diaryl/α,β-unsaturated/α-hetero) is 1. The van der Waals surface area contributed by atoms with Crippen LogP contribution in [0.15, 0.2) is 48.5 Å². The van der Waals surface area contributed by atoms with E-state index in [2.05, 4.69) is 0 Å². The van der Waals surface area contributed by atoms with Crippen LogP contribution in [0, 0.1) is 6.92 Å². The fourth-order valence-electron chi connectivity index (χ4n) is 4.08. The van der Waals surface area contributed by atoms with Crippen molar-refractivity contribution in [1.29, 1.82) is 0 Å². The first-order valence-corrected chi connectivity index (χ1v) is 9.36. The average molecular weight is 400 g/mol. The number of benzene rings is 2. The zero-order chi connectivity index (χ0) is 20.8. The van der Waals surface area contributed by atoms with Crippen molar-refractivity contribution in [3.63, 3.8) is 0 Å². The second-order valence-corrected chi connectivity index (χ2v) is 7.17. The number of carbonyl (C=O) groups is 2. The van der Waals surface area contributed by atoms with E-state index in [0.29, 0.717) is 12.1 Å². The van der Waals surface area contributed by atoms with Crippen LogP contribution in [0.5, 0.6) is 0 Å². The van der Waals surface area contributed by atoms with Crippen molar-refractivity contribution in [3.05, 3.63) is 65.4 Å². The van der Waals surface area contributed by atoms with Gasteiger partial charge in [0.05, 0.1) is 5.56 Å². The molecule has 1 aliphatic rings. The summed E-state index contributed by atoms with van der Waals surface area (Å²) in [6.45, 7) is 1.88. The molecule has 4 rings (SSSR count). The van der Waals surface area contributed by atoms with Gasteiger partial charge in [-0.25, -0.2) is 0 Å². The number of hydrogen-bond acceptors (Lipinski definition) is 2. The number of rotatable bonds is 3. The maximum atomic E-state index is 13.1. The minimum atomic E-state index is -4.98. The molecule has 0 N–H and O–H groups in total. The van der Waals surface area contributed by atoms with E-state index < -0.39 is 12.0 Å². The highest BCUT2D eigenvalue weighted by Gasteiger charge is 2.42. The van der Waals surface area contributed by atoms with Gasteiger partial charge in [-0.05, 0) is 37.5 Å². The normalized spacial score (nSPS) is 14.1. The number of aryl methyl sites for hydroxylation is 1. The Labute approximate surface area is 165 Å². The Hall–Kier alpha value is -3.09. The van der Waals surface area contributed by atoms with Crippen molar-refractivity contribution in [3.8, 4) is 0 Å². The molecule has 0 fully saturated rings. The fraction of sp³-hybridized carbons (Fsp3) is 0.273. The molecule has 0 unspecified atom stereocenters. The summed E-state index contributed by atoms with van der Waals surface area (Å²) in [5, 5.41) is 0.208. The van der Waals surface area contributed by atoms with Crippen molar-refractivity contribution in [2.75, 3.05) is 11.4 Å². The highest BCUT2D eigenvalue weighted by Crippen LogP contribution is 2.32. The third-order valence-electron chi connectivity index (χ3n) is 5.42. The SMILES string of the molecule is Cc1c(C(=O)C(F)(F)F)c2ccccc2n1CC(=O)N1CCCc2ccccc21. The Bertz CT molecular complexity index is 1110. The number of para-hydroxylation sites is 2. The summed E-state index contributed by atoms with van der Waals surface area (Å²) in [5.74, 6) is -2.10. The Kier molecular flexibility index (Phi) is 4.68. The van der Waals surface area contributed by atoms with E-state index in [0.717, 1.165) is 24.1 Å². The number of fused-ring (bicyclic) bond motifs is 2. The molecule has 0 saturated heterocycles. The molecule has 0 radical (unpaired) electrons. The van der Waals surface area contributed by atoms with E-state index in [9.17, 15) is 22.8 Å². The Balaban J connectivity index is 1.75. The Morgan fingerprint density at radius 2 is 1.72 bits per heavy atom. The first-order chi connectivity index (χ1) is 13.8. The lowest BCUT2D eigenvalue weighted by atomic mass is 10.0. The predicted octanol–water partition coefficient (Wildman–Crippen LogP) is 4.67. The maximum absolute atomic E-state index is 13.1. The summed E-state index contributed by atoms with van der Waals surface area (Å²) in [7, 11) is 0. The lowest BCUT2D eigenvalue weighted by molar-refractivity contribution is -0.119. The van der Waals surface area contributed by atoms with E-state index in [1.165, 1.54) is 17.6 Å². The topological polar surface area (TPSA) is 42.3 Å². The summed E-state index contributed by atoms with van der Waals surface area (Å²) >= 11 is 0. The van der Waals surface area contributed by atoms with E-state index in [4.69, 9.17) is 0 Å². The number of alkyl halides is 3. The number of halogens is 3. The first kappa shape index (κ1) is 19.2. The van der Waals surface area contributed by atoms with Gasteiger partial charge in [0.15, 0.2) is 0 Å². The molecular weight excluding hydrogens is 381 g/mol. The van der Waals surface area contributed by atoms with Gasteiger partial charge in [-0.15, -0.1) is 0 Å².